The van der Waals surface area contributed by atoms with Crippen LogP contribution in [0.1, 0.15) is 43.7 Å². The van der Waals surface area contributed by atoms with Crippen LogP contribution in [-0.4, -0.2) is 43.6 Å². The number of nitrogens with zero attached hydrogens (tertiary/aromatic N) is 6. The average Bonchev–Trinajstić information content (AvgIpc) is 3.48. The molecule has 3 aromatic heterocycles. The highest BCUT2D eigenvalue weighted by Gasteiger charge is 2.23. The molecule has 4 aromatic rings. The van der Waals surface area contributed by atoms with Crippen molar-refractivity contribution in [2.24, 2.45) is 0 Å². The second-order valence-corrected chi connectivity index (χ2v) is 9.36. The van der Waals surface area contributed by atoms with E-state index in [1.807, 2.05) is 12.1 Å². The van der Waals surface area contributed by atoms with Crippen LogP contribution in [0.15, 0.2) is 47.5 Å². The van der Waals surface area contributed by atoms with Crippen LogP contribution in [0.25, 0.3) is 21.9 Å². The van der Waals surface area contributed by atoms with Gasteiger partial charge in [-0.3, -0.25) is 9.36 Å². The summed E-state index contributed by atoms with van der Waals surface area (Å²) in [4.78, 5) is 24.7. The van der Waals surface area contributed by atoms with E-state index in [1.165, 1.54) is 25.0 Å². The van der Waals surface area contributed by atoms with Gasteiger partial charge in [-0.2, -0.15) is 10.2 Å². The van der Waals surface area contributed by atoms with Crippen LogP contribution in [0.2, 0.25) is 0 Å². The Hall–Kier alpha value is -3.70. The van der Waals surface area contributed by atoms with E-state index in [0.717, 1.165) is 49.8 Å². The minimum absolute atomic E-state index is 0.0819. The summed E-state index contributed by atoms with van der Waals surface area (Å²) >= 11 is 0. The minimum Gasteiger partial charge on any atom is -0.346 e. The van der Waals surface area contributed by atoms with Gasteiger partial charge in [0.05, 0.1) is 0 Å². The van der Waals surface area contributed by atoms with Crippen LogP contribution in [0, 0.1) is 11.3 Å². The standard InChI is InChI=1S/C26H27N7O/c27-16-19-14-20-17-28-26(30-24(20)33(25(19)34)22-4-1-2-5-22)29-21-6-7-23-18(15-21)8-11-32(23)13-12-31-9-3-10-31/h6-8,11,14-15,17,22H,1-5,9-10,12-13H2,(H,28,29,30). The van der Waals surface area contributed by atoms with E-state index in [0.29, 0.717) is 17.0 Å². The number of rotatable bonds is 6. The van der Waals surface area contributed by atoms with Crippen molar-refractivity contribution in [1.29, 1.82) is 5.26 Å². The Balaban J connectivity index is 1.31. The zero-order chi connectivity index (χ0) is 23.1. The van der Waals surface area contributed by atoms with E-state index in [9.17, 15) is 10.1 Å². The van der Waals surface area contributed by atoms with Crippen molar-refractivity contribution in [3.8, 4) is 6.07 Å². The molecule has 1 saturated heterocycles. The van der Waals surface area contributed by atoms with E-state index in [-0.39, 0.29) is 17.2 Å². The molecule has 8 nitrogen and oxygen atoms in total. The lowest BCUT2D eigenvalue weighted by molar-refractivity contribution is 0.175. The Morgan fingerprint density at radius 2 is 1.91 bits per heavy atom. The fourth-order valence-electron chi connectivity index (χ4n) is 5.22. The lowest BCUT2D eigenvalue weighted by Crippen LogP contribution is -2.39. The number of hydrogen-bond donors (Lipinski definition) is 1. The maximum absolute atomic E-state index is 13.0. The highest BCUT2D eigenvalue weighted by molar-refractivity contribution is 5.85. The van der Waals surface area contributed by atoms with E-state index in [4.69, 9.17) is 4.98 Å². The van der Waals surface area contributed by atoms with Gasteiger partial charge < -0.3 is 14.8 Å². The number of benzene rings is 1. The van der Waals surface area contributed by atoms with E-state index < -0.39 is 0 Å². The zero-order valence-electron chi connectivity index (χ0n) is 19.1. The van der Waals surface area contributed by atoms with Crippen molar-refractivity contribution in [3.05, 3.63) is 58.6 Å². The summed E-state index contributed by atoms with van der Waals surface area (Å²) in [7, 11) is 0. The number of hydrogen-bond acceptors (Lipinski definition) is 6. The molecule has 0 atom stereocenters. The average molecular weight is 454 g/mol. The van der Waals surface area contributed by atoms with Crippen molar-refractivity contribution >= 4 is 33.6 Å². The predicted molar refractivity (Wildman–Crippen MR) is 132 cm³/mol. The largest absolute Gasteiger partial charge is 0.346 e. The molecule has 172 valence electrons. The van der Waals surface area contributed by atoms with E-state index >= 15 is 0 Å². The van der Waals surface area contributed by atoms with Crippen molar-refractivity contribution < 1.29 is 0 Å². The summed E-state index contributed by atoms with van der Waals surface area (Å²) in [5.41, 5.74) is 2.59. The third kappa shape index (κ3) is 3.72. The molecule has 0 amide bonds. The van der Waals surface area contributed by atoms with Gasteiger partial charge in [0.15, 0.2) is 0 Å². The summed E-state index contributed by atoms with van der Waals surface area (Å²) < 4.78 is 4.02. The third-order valence-electron chi connectivity index (χ3n) is 7.22. The van der Waals surface area contributed by atoms with E-state index in [1.54, 1.807) is 16.8 Å². The summed E-state index contributed by atoms with van der Waals surface area (Å²) in [6.07, 6.45) is 9.19. The number of anilines is 2. The van der Waals surface area contributed by atoms with Gasteiger partial charge in [-0.1, -0.05) is 12.8 Å². The lowest BCUT2D eigenvalue weighted by Gasteiger charge is -2.30. The number of fused-ring (bicyclic) bond motifs is 2. The van der Waals surface area contributed by atoms with Gasteiger partial charge in [0.2, 0.25) is 5.95 Å². The predicted octanol–water partition coefficient (Wildman–Crippen LogP) is 4.18. The second kappa shape index (κ2) is 8.58. The van der Waals surface area contributed by atoms with Gasteiger partial charge in [0, 0.05) is 53.5 Å². The first-order valence-electron chi connectivity index (χ1n) is 12.1. The molecule has 2 fully saturated rings. The lowest BCUT2D eigenvalue weighted by atomic mass is 10.2. The van der Waals surface area contributed by atoms with E-state index in [2.05, 4.69) is 44.2 Å². The molecule has 0 bridgehead atoms. The Morgan fingerprint density at radius 1 is 1.06 bits per heavy atom. The zero-order valence-corrected chi connectivity index (χ0v) is 19.1. The first-order valence-corrected chi connectivity index (χ1v) is 12.1. The van der Waals surface area contributed by atoms with Crippen LogP contribution in [0.4, 0.5) is 11.6 Å². The van der Waals surface area contributed by atoms with Gasteiger partial charge >= 0.3 is 0 Å². The van der Waals surface area contributed by atoms with Crippen molar-refractivity contribution in [3.63, 3.8) is 0 Å². The van der Waals surface area contributed by atoms with Crippen LogP contribution in [0.5, 0.6) is 0 Å². The summed E-state index contributed by atoms with van der Waals surface area (Å²) in [5, 5.41) is 14.6. The van der Waals surface area contributed by atoms with Crippen molar-refractivity contribution in [1.82, 2.24) is 24.0 Å². The van der Waals surface area contributed by atoms with Gasteiger partial charge in [-0.05, 0) is 62.7 Å². The van der Waals surface area contributed by atoms with Gasteiger partial charge in [-0.25, -0.2) is 4.98 Å². The summed E-state index contributed by atoms with van der Waals surface area (Å²) in [6.45, 7) is 4.51. The Morgan fingerprint density at radius 3 is 2.68 bits per heavy atom. The number of aromatic nitrogens is 4. The topological polar surface area (TPSA) is 91.8 Å². The molecule has 8 heteroatoms. The molecule has 0 spiro atoms. The molecule has 1 aliphatic carbocycles. The number of likely N-dealkylation sites (tertiary alicyclic amines) is 1. The van der Waals surface area contributed by atoms with Crippen LogP contribution < -0.4 is 10.9 Å². The molecule has 34 heavy (non-hydrogen) atoms. The molecular formula is C26H27N7O. The SMILES string of the molecule is N#Cc1cc2cnc(Nc3ccc4c(ccn4CCN4CCC4)c3)nc2n(C2CCCC2)c1=O. The molecule has 0 radical (unpaired) electrons. The van der Waals surface area contributed by atoms with Crippen LogP contribution in [-0.2, 0) is 6.54 Å². The first-order chi connectivity index (χ1) is 16.7. The molecule has 1 aromatic carbocycles. The number of pyridine rings is 1. The normalized spacial score (nSPS) is 16.7. The van der Waals surface area contributed by atoms with Crippen molar-refractivity contribution in [2.75, 3.05) is 25.0 Å². The smallest absolute Gasteiger partial charge is 0.270 e. The Labute approximate surface area is 197 Å². The minimum atomic E-state index is -0.257. The van der Waals surface area contributed by atoms with Gasteiger partial charge in [-0.15, -0.1) is 0 Å². The monoisotopic (exact) mass is 453 g/mol. The fraction of sp³-hybridized carbons (Fsp3) is 0.385. The maximum atomic E-state index is 13.0. The highest BCUT2D eigenvalue weighted by Crippen LogP contribution is 2.31. The molecule has 1 saturated carbocycles. The molecule has 4 heterocycles. The molecule has 6 rings (SSSR count). The van der Waals surface area contributed by atoms with Crippen molar-refractivity contribution in [2.45, 2.75) is 44.7 Å². The summed E-state index contributed by atoms with van der Waals surface area (Å²) in [5.74, 6) is 0.444. The molecule has 2 aliphatic rings. The Bertz CT molecular complexity index is 1470. The van der Waals surface area contributed by atoms with Crippen LogP contribution in [0.3, 0.4) is 0 Å². The second-order valence-electron chi connectivity index (χ2n) is 9.36. The Kier molecular flexibility index (Phi) is 5.27. The van der Waals surface area contributed by atoms with Gasteiger partial charge in [0.25, 0.3) is 5.56 Å². The quantitative estimate of drug-likeness (QED) is 0.471. The molecule has 1 aliphatic heterocycles. The highest BCUT2D eigenvalue weighted by atomic mass is 16.1. The summed E-state index contributed by atoms with van der Waals surface area (Å²) in [6, 6.07) is 12.1. The molecular weight excluding hydrogens is 426 g/mol. The maximum Gasteiger partial charge on any atom is 0.270 e. The van der Waals surface area contributed by atoms with Gasteiger partial charge in [0.1, 0.15) is 17.3 Å². The molecule has 1 N–H and O–H groups in total. The van der Waals surface area contributed by atoms with Crippen LogP contribution >= 0.6 is 0 Å². The molecule has 0 unspecified atom stereocenters. The third-order valence-corrected chi connectivity index (χ3v) is 7.22. The number of nitriles is 1. The fourth-order valence-corrected chi connectivity index (χ4v) is 5.22. The first kappa shape index (κ1) is 20.9. The number of nitrogens with one attached hydrogen (secondary N) is 1.